The van der Waals surface area contributed by atoms with Gasteiger partial charge in [-0.15, -0.1) is 13.2 Å². The Morgan fingerprint density at radius 2 is 1.88 bits per heavy atom. The summed E-state index contributed by atoms with van der Waals surface area (Å²) in [5.41, 5.74) is 0.889. The van der Waals surface area contributed by atoms with Crippen LogP contribution in [0.2, 0.25) is 0 Å². The van der Waals surface area contributed by atoms with Crippen molar-refractivity contribution in [2.24, 2.45) is 0 Å². The maximum Gasteiger partial charge on any atom is 0.573 e. The first-order chi connectivity index (χ1) is 11.2. The van der Waals surface area contributed by atoms with Crippen LogP contribution >= 0.6 is 11.6 Å². The Labute approximate surface area is 140 Å². The fraction of sp³-hybridized carbons (Fsp3) is 0.188. The van der Waals surface area contributed by atoms with E-state index in [1.807, 2.05) is 0 Å². The molecule has 1 N–H and O–H groups in total. The van der Waals surface area contributed by atoms with Crippen LogP contribution in [0.4, 0.5) is 18.9 Å². The van der Waals surface area contributed by atoms with E-state index in [-0.39, 0.29) is 5.56 Å². The van der Waals surface area contributed by atoms with Crippen LogP contribution in [-0.2, 0) is 9.67 Å². The van der Waals surface area contributed by atoms with Crippen LogP contribution in [0.5, 0.6) is 11.5 Å². The number of hydrogen-bond donors (Lipinski definition) is 1. The minimum atomic E-state index is -4.84. The van der Waals surface area contributed by atoms with Crippen molar-refractivity contribution in [2.75, 3.05) is 12.4 Å². The zero-order chi connectivity index (χ0) is 17.5. The number of halogens is 4. The van der Waals surface area contributed by atoms with Gasteiger partial charge < -0.3 is 14.8 Å². The minimum Gasteiger partial charge on any atom is -0.497 e. The smallest absolute Gasteiger partial charge is 0.497 e. The Hall–Kier alpha value is -2.41. The van der Waals surface area contributed by atoms with E-state index < -0.39 is 22.9 Å². The predicted molar refractivity (Wildman–Crippen MR) is 81.4 cm³/mol. The number of carbonyl (C=O) groups is 1. The van der Waals surface area contributed by atoms with Gasteiger partial charge in [0.15, 0.2) is 4.87 Å². The third kappa shape index (κ3) is 2.75. The lowest BCUT2D eigenvalue weighted by Crippen LogP contribution is -2.29. The molecule has 2 aromatic carbocycles. The largest absolute Gasteiger partial charge is 0.573 e. The van der Waals surface area contributed by atoms with Crippen molar-refractivity contribution < 1.29 is 27.4 Å². The molecule has 0 saturated heterocycles. The van der Waals surface area contributed by atoms with Gasteiger partial charge in [0, 0.05) is 11.3 Å². The number of carbonyl (C=O) groups excluding carboxylic acids is 1. The highest BCUT2D eigenvalue weighted by Crippen LogP contribution is 2.48. The molecule has 1 amide bonds. The van der Waals surface area contributed by atoms with Crippen molar-refractivity contribution in [1.82, 2.24) is 0 Å². The molecule has 0 aliphatic carbocycles. The highest BCUT2D eigenvalue weighted by molar-refractivity contribution is 6.41. The van der Waals surface area contributed by atoms with Crippen LogP contribution in [0.15, 0.2) is 42.5 Å². The number of fused-ring (bicyclic) bond motifs is 1. The number of methoxy groups -OCH3 is 1. The first kappa shape index (κ1) is 16.4. The number of anilines is 1. The van der Waals surface area contributed by atoms with Crippen LogP contribution in [0.3, 0.4) is 0 Å². The van der Waals surface area contributed by atoms with E-state index in [2.05, 4.69) is 10.1 Å². The van der Waals surface area contributed by atoms with E-state index in [9.17, 15) is 18.0 Å². The van der Waals surface area contributed by atoms with Gasteiger partial charge in [0.05, 0.1) is 7.11 Å². The average molecular weight is 358 g/mol. The number of ether oxygens (including phenoxy) is 2. The summed E-state index contributed by atoms with van der Waals surface area (Å²) < 4.78 is 46.3. The van der Waals surface area contributed by atoms with Gasteiger partial charge in [-0.1, -0.05) is 23.7 Å². The molecule has 0 spiro atoms. The van der Waals surface area contributed by atoms with E-state index in [0.29, 0.717) is 17.0 Å². The standard InChI is InChI=1S/C16H11ClF3NO3/c1-23-10-4-2-3-9(7-10)15(17)12-8-11(24-16(18,19)20)5-6-13(12)21-14(15)22/h2-8H,1H3,(H,21,22). The van der Waals surface area contributed by atoms with Crippen LogP contribution in [0.25, 0.3) is 0 Å². The second-order valence-electron chi connectivity index (χ2n) is 5.10. The molecule has 8 heteroatoms. The summed E-state index contributed by atoms with van der Waals surface area (Å²) in [6.45, 7) is 0. The van der Waals surface area contributed by atoms with Crippen LogP contribution < -0.4 is 14.8 Å². The number of hydrogen-bond acceptors (Lipinski definition) is 3. The Balaban J connectivity index is 2.10. The summed E-state index contributed by atoms with van der Waals surface area (Å²) in [6.07, 6.45) is -4.84. The molecular formula is C16H11ClF3NO3. The predicted octanol–water partition coefficient (Wildman–Crippen LogP) is 4.03. The van der Waals surface area contributed by atoms with Crippen molar-refractivity contribution in [2.45, 2.75) is 11.2 Å². The summed E-state index contributed by atoms with van der Waals surface area (Å²) in [5, 5.41) is 2.57. The van der Waals surface area contributed by atoms with Crippen LogP contribution in [0, 0.1) is 0 Å². The van der Waals surface area contributed by atoms with Crippen molar-refractivity contribution >= 4 is 23.2 Å². The molecule has 126 valence electrons. The summed E-state index contributed by atoms with van der Waals surface area (Å²) in [4.78, 5) is 10.7. The van der Waals surface area contributed by atoms with Gasteiger partial charge in [-0.3, -0.25) is 4.79 Å². The van der Waals surface area contributed by atoms with Crippen LogP contribution in [-0.4, -0.2) is 19.4 Å². The molecule has 1 unspecified atom stereocenters. The van der Waals surface area contributed by atoms with Gasteiger partial charge in [0.1, 0.15) is 11.5 Å². The Morgan fingerprint density at radius 1 is 1.12 bits per heavy atom. The first-order valence-electron chi connectivity index (χ1n) is 6.79. The van der Waals surface area contributed by atoms with Gasteiger partial charge >= 0.3 is 6.36 Å². The second kappa shape index (κ2) is 5.59. The Kier molecular flexibility index (Phi) is 3.83. The second-order valence-corrected chi connectivity index (χ2v) is 5.67. The fourth-order valence-corrected chi connectivity index (χ4v) is 2.89. The molecule has 3 rings (SSSR count). The maximum absolute atomic E-state index is 12.4. The fourth-order valence-electron chi connectivity index (χ4n) is 2.57. The molecular weight excluding hydrogens is 347 g/mol. The zero-order valence-electron chi connectivity index (χ0n) is 12.3. The molecule has 1 atom stereocenters. The highest BCUT2D eigenvalue weighted by atomic mass is 35.5. The molecule has 1 heterocycles. The Morgan fingerprint density at radius 3 is 2.54 bits per heavy atom. The molecule has 0 aromatic heterocycles. The van der Waals surface area contributed by atoms with E-state index in [1.54, 1.807) is 24.3 Å². The molecule has 4 nitrogen and oxygen atoms in total. The quantitative estimate of drug-likeness (QED) is 0.844. The minimum absolute atomic E-state index is 0.184. The monoisotopic (exact) mass is 357 g/mol. The van der Waals surface area contributed by atoms with Crippen molar-refractivity contribution in [3.05, 3.63) is 53.6 Å². The van der Waals surface area contributed by atoms with E-state index in [0.717, 1.165) is 12.1 Å². The summed E-state index contributed by atoms with van der Waals surface area (Å²) in [6, 6.07) is 9.99. The Bertz CT molecular complexity index is 809. The number of rotatable bonds is 3. The highest BCUT2D eigenvalue weighted by Gasteiger charge is 2.47. The first-order valence-corrected chi connectivity index (χ1v) is 7.17. The van der Waals surface area contributed by atoms with E-state index >= 15 is 0 Å². The zero-order valence-corrected chi connectivity index (χ0v) is 13.0. The lowest BCUT2D eigenvalue weighted by Gasteiger charge is -2.21. The summed E-state index contributed by atoms with van der Waals surface area (Å²) in [5.74, 6) is -0.543. The van der Waals surface area contributed by atoms with E-state index in [4.69, 9.17) is 16.3 Å². The SMILES string of the molecule is COc1cccc(C2(Cl)C(=O)Nc3ccc(OC(F)(F)F)cc32)c1. The lowest BCUT2D eigenvalue weighted by atomic mass is 9.91. The van der Waals surface area contributed by atoms with Gasteiger partial charge in [-0.2, -0.15) is 0 Å². The van der Waals surface area contributed by atoms with Gasteiger partial charge in [0.2, 0.25) is 0 Å². The number of alkyl halides is 4. The van der Waals surface area contributed by atoms with Crippen LogP contribution in [0.1, 0.15) is 11.1 Å². The molecule has 24 heavy (non-hydrogen) atoms. The molecule has 0 radical (unpaired) electrons. The van der Waals surface area contributed by atoms with E-state index in [1.165, 1.54) is 13.2 Å². The van der Waals surface area contributed by atoms with Gasteiger partial charge in [0.25, 0.3) is 5.91 Å². The topological polar surface area (TPSA) is 47.6 Å². The molecule has 1 aliphatic heterocycles. The summed E-state index contributed by atoms with van der Waals surface area (Å²) in [7, 11) is 1.46. The van der Waals surface area contributed by atoms with Gasteiger partial charge in [-0.05, 0) is 35.9 Å². The third-order valence-corrected chi connectivity index (χ3v) is 4.22. The number of amides is 1. The number of nitrogens with one attached hydrogen (secondary N) is 1. The molecule has 1 aliphatic rings. The normalized spacial score (nSPS) is 19.6. The molecule has 2 aromatic rings. The average Bonchev–Trinajstić information content (AvgIpc) is 2.78. The molecule has 0 saturated carbocycles. The summed E-state index contributed by atoms with van der Waals surface area (Å²) >= 11 is 6.54. The van der Waals surface area contributed by atoms with Gasteiger partial charge in [-0.25, -0.2) is 0 Å². The van der Waals surface area contributed by atoms with Crippen molar-refractivity contribution in [3.63, 3.8) is 0 Å². The maximum atomic E-state index is 12.4. The molecule has 0 fully saturated rings. The third-order valence-electron chi connectivity index (χ3n) is 3.62. The number of benzene rings is 2. The molecule has 0 bridgehead atoms. The van der Waals surface area contributed by atoms with Crippen molar-refractivity contribution in [1.29, 1.82) is 0 Å². The lowest BCUT2D eigenvalue weighted by molar-refractivity contribution is -0.274. The van der Waals surface area contributed by atoms with Crippen molar-refractivity contribution in [3.8, 4) is 11.5 Å².